The summed E-state index contributed by atoms with van der Waals surface area (Å²) in [6.45, 7) is 0.0838. The zero-order valence-electron chi connectivity index (χ0n) is 14.9. The first kappa shape index (κ1) is 17.4. The van der Waals surface area contributed by atoms with Gasteiger partial charge in [0.2, 0.25) is 17.7 Å². The summed E-state index contributed by atoms with van der Waals surface area (Å²) in [6.07, 6.45) is 8.55. The Kier molecular flexibility index (Phi) is 4.70. The second kappa shape index (κ2) is 7.30. The van der Waals surface area contributed by atoms with E-state index in [0.717, 1.165) is 36.1 Å². The van der Waals surface area contributed by atoms with E-state index in [0.29, 0.717) is 12.4 Å². The third-order valence-electron chi connectivity index (χ3n) is 5.27. The summed E-state index contributed by atoms with van der Waals surface area (Å²) in [5, 5.41) is 6.91. The van der Waals surface area contributed by atoms with Gasteiger partial charge in [0.25, 0.3) is 0 Å². The third kappa shape index (κ3) is 3.47. The van der Waals surface area contributed by atoms with Crippen LogP contribution in [0, 0.1) is 11.8 Å². The van der Waals surface area contributed by atoms with Gasteiger partial charge in [-0.25, -0.2) is 9.67 Å². The summed E-state index contributed by atoms with van der Waals surface area (Å²) >= 11 is 0. The average Bonchev–Trinajstić information content (AvgIpc) is 3.31. The Labute approximate surface area is 156 Å². The number of likely N-dealkylation sites (tertiary alicyclic amines) is 1. The van der Waals surface area contributed by atoms with Gasteiger partial charge in [0.05, 0.1) is 11.8 Å². The minimum Gasteiger partial charge on any atom is -0.350 e. The predicted molar refractivity (Wildman–Crippen MR) is 95.4 cm³/mol. The van der Waals surface area contributed by atoms with Crippen molar-refractivity contribution in [2.45, 2.75) is 32.2 Å². The molecular weight excluding hydrogens is 346 g/mol. The number of carbonyl (C=O) groups excluding carboxylic acids is 3. The van der Waals surface area contributed by atoms with Gasteiger partial charge in [-0.05, 0) is 36.6 Å². The molecule has 3 heterocycles. The van der Waals surface area contributed by atoms with Crippen LogP contribution in [0.1, 0.15) is 31.2 Å². The molecule has 8 heteroatoms. The van der Waals surface area contributed by atoms with Crippen LogP contribution in [0.3, 0.4) is 0 Å². The standard InChI is InChI=1S/C19H21N5O3/c25-17(12-23-18(26)14-4-1-2-5-15(14)19(23)27)21-11-13-6-8-20-16(10-13)24-9-3-7-22-24/h3,6-10,14-15H,1-2,4-5,11-12H2,(H,21,25)/t14-,15+. The van der Waals surface area contributed by atoms with Crippen LogP contribution < -0.4 is 5.32 Å². The lowest BCUT2D eigenvalue weighted by atomic mass is 9.81. The normalized spacial score (nSPS) is 22.0. The fourth-order valence-corrected chi connectivity index (χ4v) is 3.89. The van der Waals surface area contributed by atoms with Gasteiger partial charge in [0.1, 0.15) is 6.54 Å². The zero-order chi connectivity index (χ0) is 18.8. The molecule has 2 aromatic heterocycles. The van der Waals surface area contributed by atoms with Gasteiger partial charge in [-0.3, -0.25) is 19.3 Å². The summed E-state index contributed by atoms with van der Waals surface area (Å²) < 4.78 is 1.63. The number of pyridine rings is 1. The Morgan fingerprint density at radius 3 is 2.56 bits per heavy atom. The Balaban J connectivity index is 1.36. The van der Waals surface area contributed by atoms with Crippen LogP contribution in [-0.2, 0) is 20.9 Å². The minimum absolute atomic E-state index is 0.190. The molecule has 2 aromatic rings. The van der Waals surface area contributed by atoms with Crippen molar-refractivity contribution < 1.29 is 14.4 Å². The van der Waals surface area contributed by atoms with Crippen molar-refractivity contribution in [3.05, 3.63) is 42.4 Å². The van der Waals surface area contributed by atoms with Crippen molar-refractivity contribution in [3.63, 3.8) is 0 Å². The summed E-state index contributed by atoms with van der Waals surface area (Å²) in [7, 11) is 0. The van der Waals surface area contributed by atoms with Crippen LogP contribution in [0.25, 0.3) is 5.82 Å². The molecule has 27 heavy (non-hydrogen) atoms. The minimum atomic E-state index is -0.340. The molecular formula is C19H21N5O3. The van der Waals surface area contributed by atoms with Gasteiger partial charge in [0.15, 0.2) is 5.82 Å². The molecule has 8 nitrogen and oxygen atoms in total. The van der Waals surface area contributed by atoms with Gasteiger partial charge in [0, 0.05) is 25.1 Å². The van der Waals surface area contributed by atoms with Crippen molar-refractivity contribution in [2.75, 3.05) is 6.54 Å². The van der Waals surface area contributed by atoms with Crippen LogP contribution >= 0.6 is 0 Å². The molecule has 4 rings (SSSR count). The van der Waals surface area contributed by atoms with E-state index >= 15 is 0 Å². The second-order valence-corrected chi connectivity index (χ2v) is 7.01. The van der Waals surface area contributed by atoms with E-state index in [4.69, 9.17) is 0 Å². The topological polar surface area (TPSA) is 97.2 Å². The molecule has 0 unspecified atom stereocenters. The Bertz CT molecular complexity index is 840. The first-order valence-corrected chi connectivity index (χ1v) is 9.20. The number of fused-ring (bicyclic) bond motifs is 1. The van der Waals surface area contributed by atoms with E-state index in [9.17, 15) is 14.4 Å². The van der Waals surface area contributed by atoms with Crippen LogP contribution in [0.2, 0.25) is 0 Å². The number of amides is 3. The van der Waals surface area contributed by atoms with Gasteiger partial charge in [-0.2, -0.15) is 5.10 Å². The van der Waals surface area contributed by atoms with E-state index < -0.39 is 0 Å². The number of nitrogens with one attached hydrogen (secondary N) is 1. The average molecular weight is 367 g/mol. The van der Waals surface area contributed by atoms with Crippen LogP contribution in [0.4, 0.5) is 0 Å². The number of carbonyl (C=O) groups is 3. The number of nitrogens with zero attached hydrogens (tertiary/aromatic N) is 4. The largest absolute Gasteiger partial charge is 0.350 e. The van der Waals surface area contributed by atoms with Gasteiger partial charge in [-0.1, -0.05) is 12.8 Å². The van der Waals surface area contributed by atoms with E-state index in [-0.39, 0.29) is 36.1 Å². The van der Waals surface area contributed by atoms with Gasteiger partial charge in [-0.15, -0.1) is 0 Å². The Hall–Kier alpha value is -3.03. The van der Waals surface area contributed by atoms with Gasteiger partial charge < -0.3 is 5.32 Å². The van der Waals surface area contributed by atoms with E-state index in [2.05, 4.69) is 15.4 Å². The summed E-state index contributed by atoms with van der Waals surface area (Å²) in [5.74, 6) is -0.519. The van der Waals surface area contributed by atoms with Crippen molar-refractivity contribution in [2.24, 2.45) is 11.8 Å². The number of hydrogen-bond donors (Lipinski definition) is 1. The van der Waals surface area contributed by atoms with Crippen molar-refractivity contribution in [1.29, 1.82) is 0 Å². The predicted octanol–water partition coefficient (Wildman–Crippen LogP) is 1.06. The Morgan fingerprint density at radius 2 is 1.89 bits per heavy atom. The SMILES string of the molecule is O=C(CN1C(=O)[C@H]2CCCC[C@H]2C1=O)NCc1ccnc(-n2cccn2)c1. The summed E-state index contributed by atoms with van der Waals surface area (Å²) in [4.78, 5) is 42.6. The van der Waals surface area contributed by atoms with Crippen molar-refractivity contribution in [3.8, 4) is 5.82 Å². The fraction of sp³-hybridized carbons (Fsp3) is 0.421. The molecule has 3 amide bonds. The number of aromatic nitrogens is 3. The highest BCUT2D eigenvalue weighted by molar-refractivity contribution is 6.07. The van der Waals surface area contributed by atoms with Crippen molar-refractivity contribution >= 4 is 17.7 Å². The highest BCUT2D eigenvalue weighted by atomic mass is 16.2. The van der Waals surface area contributed by atoms with E-state index in [1.807, 2.05) is 6.07 Å². The highest BCUT2D eigenvalue weighted by Crippen LogP contribution is 2.37. The van der Waals surface area contributed by atoms with E-state index in [1.165, 1.54) is 0 Å². The molecule has 1 aliphatic carbocycles. The number of imide groups is 1. The first-order valence-electron chi connectivity index (χ1n) is 9.20. The van der Waals surface area contributed by atoms with Gasteiger partial charge >= 0.3 is 0 Å². The lowest BCUT2D eigenvalue weighted by Gasteiger charge is -2.19. The molecule has 2 atom stereocenters. The molecule has 1 aliphatic heterocycles. The first-order chi connectivity index (χ1) is 13.1. The Morgan fingerprint density at radius 1 is 1.15 bits per heavy atom. The maximum Gasteiger partial charge on any atom is 0.240 e. The molecule has 2 aliphatic rings. The maximum atomic E-state index is 12.4. The number of rotatable bonds is 5. The lowest BCUT2D eigenvalue weighted by molar-refractivity contribution is -0.143. The quantitative estimate of drug-likeness (QED) is 0.797. The highest BCUT2D eigenvalue weighted by Gasteiger charge is 2.48. The van der Waals surface area contributed by atoms with Crippen LogP contribution in [0.5, 0.6) is 0 Å². The fourth-order valence-electron chi connectivity index (χ4n) is 3.89. The zero-order valence-corrected chi connectivity index (χ0v) is 14.9. The van der Waals surface area contributed by atoms with Crippen LogP contribution in [-0.4, -0.2) is 43.9 Å². The van der Waals surface area contributed by atoms with E-state index in [1.54, 1.807) is 35.4 Å². The molecule has 0 bridgehead atoms. The van der Waals surface area contributed by atoms with Crippen LogP contribution in [0.15, 0.2) is 36.8 Å². The maximum absolute atomic E-state index is 12.4. The number of hydrogen-bond acceptors (Lipinski definition) is 5. The second-order valence-electron chi connectivity index (χ2n) is 7.01. The molecule has 0 spiro atoms. The molecule has 140 valence electrons. The molecule has 1 saturated heterocycles. The lowest BCUT2D eigenvalue weighted by Crippen LogP contribution is -2.40. The summed E-state index contributed by atoms with van der Waals surface area (Å²) in [6, 6.07) is 5.43. The molecule has 1 N–H and O–H groups in total. The monoisotopic (exact) mass is 367 g/mol. The summed E-state index contributed by atoms with van der Waals surface area (Å²) in [5.41, 5.74) is 0.858. The molecule has 0 radical (unpaired) electrons. The molecule has 0 aromatic carbocycles. The third-order valence-corrected chi connectivity index (χ3v) is 5.27. The smallest absolute Gasteiger partial charge is 0.240 e. The molecule has 2 fully saturated rings. The molecule has 1 saturated carbocycles. The van der Waals surface area contributed by atoms with Crippen molar-refractivity contribution in [1.82, 2.24) is 25.0 Å².